The van der Waals surface area contributed by atoms with E-state index in [0.717, 1.165) is 38.0 Å². The maximum absolute atomic E-state index is 5.68. The van der Waals surface area contributed by atoms with Crippen molar-refractivity contribution in [2.24, 2.45) is 12.9 Å². The standard InChI is InChI=1S/C12H22N4O/c1-3-9-7-10(16(2)15-9)8-11(14-13)12-5-4-6-17-12/h7,11-12,14H,3-6,8,13H2,1-2H3. The van der Waals surface area contributed by atoms with Crippen LogP contribution in [0.15, 0.2) is 6.07 Å². The average Bonchev–Trinajstić information content (AvgIpc) is 2.96. The van der Waals surface area contributed by atoms with Gasteiger partial charge in [0, 0.05) is 25.8 Å². The summed E-state index contributed by atoms with van der Waals surface area (Å²) in [5.74, 6) is 5.63. The van der Waals surface area contributed by atoms with Crippen LogP contribution < -0.4 is 11.3 Å². The van der Waals surface area contributed by atoms with Gasteiger partial charge in [0.15, 0.2) is 0 Å². The van der Waals surface area contributed by atoms with Gasteiger partial charge in [0.05, 0.1) is 17.8 Å². The predicted molar refractivity (Wildman–Crippen MR) is 66.4 cm³/mol. The van der Waals surface area contributed by atoms with Crippen LogP contribution in [0.5, 0.6) is 0 Å². The molecule has 1 saturated heterocycles. The fourth-order valence-corrected chi connectivity index (χ4v) is 2.38. The number of hydrogen-bond donors (Lipinski definition) is 2. The summed E-state index contributed by atoms with van der Waals surface area (Å²) in [6.07, 6.45) is 4.29. The zero-order valence-corrected chi connectivity index (χ0v) is 10.6. The Labute approximate surface area is 102 Å². The number of nitrogens with zero attached hydrogens (tertiary/aromatic N) is 2. The smallest absolute Gasteiger partial charge is 0.0746 e. The predicted octanol–water partition coefficient (Wildman–Crippen LogP) is 0.536. The molecule has 96 valence electrons. The van der Waals surface area contributed by atoms with Gasteiger partial charge in [-0.25, -0.2) is 0 Å². The molecule has 1 aromatic heterocycles. The monoisotopic (exact) mass is 238 g/mol. The maximum atomic E-state index is 5.68. The van der Waals surface area contributed by atoms with E-state index in [2.05, 4.69) is 23.5 Å². The van der Waals surface area contributed by atoms with Gasteiger partial charge in [0.2, 0.25) is 0 Å². The van der Waals surface area contributed by atoms with Gasteiger partial charge in [-0.15, -0.1) is 0 Å². The van der Waals surface area contributed by atoms with Crippen LogP contribution in [0.25, 0.3) is 0 Å². The fourth-order valence-electron chi connectivity index (χ4n) is 2.38. The minimum absolute atomic E-state index is 0.178. The SMILES string of the molecule is CCc1cc(CC(NN)C2CCCO2)n(C)n1. The van der Waals surface area contributed by atoms with Crippen LogP contribution in [-0.2, 0) is 24.6 Å². The number of aromatic nitrogens is 2. The molecule has 5 nitrogen and oxygen atoms in total. The number of nitrogens with one attached hydrogen (secondary N) is 1. The van der Waals surface area contributed by atoms with Crippen LogP contribution >= 0.6 is 0 Å². The highest BCUT2D eigenvalue weighted by molar-refractivity contribution is 5.12. The van der Waals surface area contributed by atoms with Crippen LogP contribution in [-0.4, -0.2) is 28.5 Å². The summed E-state index contributed by atoms with van der Waals surface area (Å²) >= 11 is 0. The van der Waals surface area contributed by atoms with Crippen molar-refractivity contribution in [2.45, 2.75) is 44.8 Å². The van der Waals surface area contributed by atoms with E-state index in [1.807, 2.05) is 11.7 Å². The van der Waals surface area contributed by atoms with E-state index in [1.54, 1.807) is 0 Å². The summed E-state index contributed by atoms with van der Waals surface area (Å²) in [6, 6.07) is 2.33. The lowest BCUT2D eigenvalue weighted by Gasteiger charge is -2.21. The van der Waals surface area contributed by atoms with Crippen molar-refractivity contribution in [3.8, 4) is 0 Å². The summed E-state index contributed by atoms with van der Waals surface area (Å²) in [5, 5.41) is 4.45. The van der Waals surface area contributed by atoms with E-state index in [4.69, 9.17) is 10.6 Å². The van der Waals surface area contributed by atoms with Crippen molar-refractivity contribution in [3.05, 3.63) is 17.5 Å². The van der Waals surface area contributed by atoms with E-state index >= 15 is 0 Å². The Morgan fingerprint density at radius 3 is 3.06 bits per heavy atom. The van der Waals surface area contributed by atoms with Crippen molar-refractivity contribution in [2.75, 3.05) is 6.61 Å². The van der Waals surface area contributed by atoms with E-state index in [-0.39, 0.29) is 12.1 Å². The number of ether oxygens (including phenoxy) is 1. The van der Waals surface area contributed by atoms with Crippen LogP contribution in [0.2, 0.25) is 0 Å². The molecule has 2 atom stereocenters. The Morgan fingerprint density at radius 2 is 2.53 bits per heavy atom. The Kier molecular flexibility index (Phi) is 4.15. The van der Waals surface area contributed by atoms with E-state index in [9.17, 15) is 0 Å². The second-order valence-corrected chi connectivity index (χ2v) is 4.63. The highest BCUT2D eigenvalue weighted by atomic mass is 16.5. The molecule has 0 bridgehead atoms. The van der Waals surface area contributed by atoms with Gasteiger partial charge in [-0.05, 0) is 25.3 Å². The van der Waals surface area contributed by atoms with Crippen molar-refractivity contribution in [3.63, 3.8) is 0 Å². The van der Waals surface area contributed by atoms with Crippen molar-refractivity contribution >= 4 is 0 Å². The molecule has 2 unspecified atom stereocenters. The minimum Gasteiger partial charge on any atom is -0.377 e. The maximum Gasteiger partial charge on any atom is 0.0746 e. The summed E-state index contributed by atoms with van der Waals surface area (Å²) in [6.45, 7) is 2.97. The first-order valence-electron chi connectivity index (χ1n) is 6.34. The zero-order chi connectivity index (χ0) is 12.3. The molecule has 0 aliphatic carbocycles. The first kappa shape index (κ1) is 12.5. The number of aryl methyl sites for hydroxylation is 2. The number of nitrogens with two attached hydrogens (primary N) is 1. The first-order valence-corrected chi connectivity index (χ1v) is 6.34. The molecule has 0 radical (unpaired) electrons. The molecule has 3 N–H and O–H groups in total. The van der Waals surface area contributed by atoms with Crippen molar-refractivity contribution < 1.29 is 4.74 Å². The topological polar surface area (TPSA) is 65.1 Å². The molecule has 2 rings (SSSR count). The molecular formula is C12H22N4O. The van der Waals surface area contributed by atoms with E-state index < -0.39 is 0 Å². The lowest BCUT2D eigenvalue weighted by atomic mass is 10.0. The molecule has 0 aromatic carbocycles. The van der Waals surface area contributed by atoms with Gasteiger partial charge in [0.1, 0.15) is 0 Å². The largest absolute Gasteiger partial charge is 0.377 e. The lowest BCUT2D eigenvalue weighted by molar-refractivity contribution is 0.0779. The second kappa shape index (κ2) is 5.62. The summed E-state index contributed by atoms with van der Waals surface area (Å²) in [4.78, 5) is 0. The van der Waals surface area contributed by atoms with E-state index in [1.165, 1.54) is 5.69 Å². The van der Waals surface area contributed by atoms with Crippen molar-refractivity contribution in [1.29, 1.82) is 0 Å². The number of hydrazine groups is 1. The third-order valence-corrected chi connectivity index (χ3v) is 3.45. The van der Waals surface area contributed by atoms with Crippen LogP contribution in [0.1, 0.15) is 31.2 Å². The Bertz CT molecular complexity index is 357. The summed E-state index contributed by atoms with van der Waals surface area (Å²) in [7, 11) is 1.98. The van der Waals surface area contributed by atoms with Gasteiger partial charge < -0.3 is 4.74 Å². The molecule has 0 amide bonds. The number of hydrogen-bond acceptors (Lipinski definition) is 4. The summed E-state index contributed by atoms with van der Waals surface area (Å²) in [5.41, 5.74) is 5.22. The van der Waals surface area contributed by atoms with Crippen LogP contribution in [0.4, 0.5) is 0 Å². The third kappa shape index (κ3) is 2.86. The zero-order valence-electron chi connectivity index (χ0n) is 10.6. The summed E-state index contributed by atoms with van der Waals surface area (Å²) < 4.78 is 7.62. The molecule has 0 saturated carbocycles. The van der Waals surface area contributed by atoms with Gasteiger partial charge in [-0.2, -0.15) is 5.10 Å². The molecule has 1 fully saturated rings. The molecule has 0 spiro atoms. The minimum atomic E-state index is 0.178. The Hall–Kier alpha value is -0.910. The molecule has 1 aromatic rings. The molecule has 1 aliphatic rings. The number of rotatable bonds is 5. The molecule has 17 heavy (non-hydrogen) atoms. The highest BCUT2D eigenvalue weighted by Crippen LogP contribution is 2.18. The molecule has 2 heterocycles. The molecular weight excluding hydrogens is 216 g/mol. The quantitative estimate of drug-likeness (QED) is 0.580. The third-order valence-electron chi connectivity index (χ3n) is 3.45. The Morgan fingerprint density at radius 1 is 1.71 bits per heavy atom. The first-order chi connectivity index (χ1) is 8.24. The van der Waals surface area contributed by atoms with Crippen molar-refractivity contribution in [1.82, 2.24) is 15.2 Å². The van der Waals surface area contributed by atoms with Gasteiger partial charge in [-0.1, -0.05) is 6.92 Å². The van der Waals surface area contributed by atoms with Gasteiger partial charge in [0.25, 0.3) is 0 Å². The fraction of sp³-hybridized carbons (Fsp3) is 0.750. The lowest BCUT2D eigenvalue weighted by Crippen LogP contribution is -2.45. The van der Waals surface area contributed by atoms with Crippen LogP contribution in [0, 0.1) is 0 Å². The highest BCUT2D eigenvalue weighted by Gasteiger charge is 2.26. The van der Waals surface area contributed by atoms with Gasteiger partial charge in [-0.3, -0.25) is 16.0 Å². The average molecular weight is 238 g/mol. The van der Waals surface area contributed by atoms with Gasteiger partial charge >= 0.3 is 0 Å². The second-order valence-electron chi connectivity index (χ2n) is 4.63. The normalized spacial score (nSPS) is 21.9. The Balaban J connectivity index is 2.03. The molecule has 1 aliphatic heterocycles. The molecule has 5 heteroatoms. The van der Waals surface area contributed by atoms with Crippen LogP contribution in [0.3, 0.4) is 0 Å². The van der Waals surface area contributed by atoms with E-state index in [0.29, 0.717) is 0 Å².